The molecule has 0 unspecified atom stereocenters. The van der Waals surface area contributed by atoms with Gasteiger partial charge in [0.05, 0.1) is 6.54 Å². The third-order valence-electron chi connectivity index (χ3n) is 2.79. The molecule has 0 spiro atoms. The normalized spacial score (nSPS) is 22.2. The predicted molar refractivity (Wildman–Crippen MR) is 49.5 cm³/mol. The van der Waals surface area contributed by atoms with Gasteiger partial charge in [-0.2, -0.15) is 0 Å². The summed E-state index contributed by atoms with van der Waals surface area (Å²) in [5, 5.41) is 8.71. The molecule has 2 aliphatic carbocycles. The number of carbonyl (C=O) groups is 1. The van der Waals surface area contributed by atoms with Gasteiger partial charge in [-0.3, -0.25) is 9.69 Å². The Labute approximate surface area is 78.7 Å². The van der Waals surface area contributed by atoms with Crippen LogP contribution in [-0.4, -0.2) is 35.6 Å². The van der Waals surface area contributed by atoms with Gasteiger partial charge in [0, 0.05) is 13.1 Å². The molecule has 0 aromatic rings. The maximum Gasteiger partial charge on any atom is 0.317 e. The first kappa shape index (κ1) is 9.00. The van der Waals surface area contributed by atoms with E-state index in [1.165, 1.54) is 25.7 Å². The van der Waals surface area contributed by atoms with Gasteiger partial charge >= 0.3 is 5.97 Å². The molecule has 13 heavy (non-hydrogen) atoms. The largest absolute Gasteiger partial charge is 0.480 e. The molecule has 0 atom stereocenters. The molecule has 0 heterocycles. The van der Waals surface area contributed by atoms with Gasteiger partial charge in [0.15, 0.2) is 0 Å². The standard InChI is InChI=1S/C10H17NO2/c12-10(13)7-11(5-8-1-2-8)6-9-3-4-9/h8-9H,1-7H2,(H,12,13). The van der Waals surface area contributed by atoms with E-state index in [-0.39, 0.29) is 6.54 Å². The molecule has 0 aliphatic heterocycles. The number of hydrogen-bond donors (Lipinski definition) is 1. The van der Waals surface area contributed by atoms with Crippen LogP contribution < -0.4 is 0 Å². The number of hydrogen-bond acceptors (Lipinski definition) is 2. The number of rotatable bonds is 6. The third-order valence-corrected chi connectivity index (χ3v) is 2.79. The average molecular weight is 183 g/mol. The first-order valence-corrected chi connectivity index (χ1v) is 5.18. The molecule has 2 rings (SSSR count). The van der Waals surface area contributed by atoms with Crippen molar-refractivity contribution in [2.24, 2.45) is 11.8 Å². The van der Waals surface area contributed by atoms with Crippen molar-refractivity contribution in [3.63, 3.8) is 0 Å². The molecule has 0 aromatic heterocycles. The Morgan fingerprint density at radius 2 is 1.62 bits per heavy atom. The molecular weight excluding hydrogens is 166 g/mol. The van der Waals surface area contributed by atoms with Gasteiger partial charge in [-0.15, -0.1) is 0 Å². The third kappa shape index (κ3) is 3.35. The second-order valence-corrected chi connectivity index (χ2v) is 4.47. The smallest absolute Gasteiger partial charge is 0.317 e. The van der Waals surface area contributed by atoms with E-state index in [2.05, 4.69) is 4.90 Å². The quantitative estimate of drug-likeness (QED) is 0.672. The fourth-order valence-corrected chi connectivity index (χ4v) is 1.73. The molecule has 3 nitrogen and oxygen atoms in total. The number of carboxylic acid groups (broad SMARTS) is 1. The van der Waals surface area contributed by atoms with Crippen molar-refractivity contribution in [2.75, 3.05) is 19.6 Å². The lowest BCUT2D eigenvalue weighted by Crippen LogP contribution is -2.33. The van der Waals surface area contributed by atoms with Crippen LogP contribution in [-0.2, 0) is 4.79 Å². The molecular formula is C10H17NO2. The fraction of sp³-hybridized carbons (Fsp3) is 0.900. The fourth-order valence-electron chi connectivity index (χ4n) is 1.73. The highest BCUT2D eigenvalue weighted by Crippen LogP contribution is 2.33. The monoisotopic (exact) mass is 183 g/mol. The molecule has 2 saturated carbocycles. The van der Waals surface area contributed by atoms with E-state index in [0.717, 1.165) is 24.9 Å². The Morgan fingerprint density at radius 3 is 1.92 bits per heavy atom. The van der Waals surface area contributed by atoms with Crippen molar-refractivity contribution in [1.29, 1.82) is 0 Å². The average Bonchev–Trinajstić information content (AvgIpc) is 2.79. The maximum absolute atomic E-state index is 10.6. The van der Waals surface area contributed by atoms with Gasteiger partial charge in [-0.25, -0.2) is 0 Å². The molecule has 74 valence electrons. The number of nitrogens with zero attached hydrogens (tertiary/aromatic N) is 1. The van der Waals surface area contributed by atoms with Crippen LogP contribution >= 0.6 is 0 Å². The molecule has 2 aliphatic rings. The lowest BCUT2D eigenvalue weighted by atomic mass is 10.3. The van der Waals surface area contributed by atoms with Crippen molar-refractivity contribution < 1.29 is 9.90 Å². The van der Waals surface area contributed by atoms with Gasteiger partial charge < -0.3 is 5.11 Å². The SMILES string of the molecule is O=C(O)CN(CC1CC1)CC1CC1. The van der Waals surface area contributed by atoms with Crippen molar-refractivity contribution in [3.05, 3.63) is 0 Å². The first-order valence-electron chi connectivity index (χ1n) is 5.18. The summed E-state index contributed by atoms with van der Waals surface area (Å²) in [5.74, 6) is 0.928. The van der Waals surface area contributed by atoms with Crippen LogP contribution in [0, 0.1) is 11.8 Å². The zero-order valence-electron chi connectivity index (χ0n) is 7.91. The lowest BCUT2D eigenvalue weighted by molar-refractivity contribution is -0.138. The van der Waals surface area contributed by atoms with Crippen molar-refractivity contribution >= 4 is 5.97 Å². The zero-order valence-corrected chi connectivity index (χ0v) is 7.91. The topological polar surface area (TPSA) is 40.5 Å². The van der Waals surface area contributed by atoms with Crippen LogP contribution in [0.4, 0.5) is 0 Å². The minimum Gasteiger partial charge on any atom is -0.480 e. The van der Waals surface area contributed by atoms with Crippen LogP contribution in [0.3, 0.4) is 0 Å². The predicted octanol–water partition coefficient (Wildman–Crippen LogP) is 1.19. The Morgan fingerprint density at radius 1 is 1.15 bits per heavy atom. The summed E-state index contributed by atoms with van der Waals surface area (Å²) in [7, 11) is 0. The summed E-state index contributed by atoms with van der Waals surface area (Å²) in [6.07, 6.45) is 5.23. The van der Waals surface area contributed by atoms with E-state index in [1.807, 2.05) is 0 Å². The zero-order chi connectivity index (χ0) is 9.26. The number of aliphatic carboxylic acids is 1. The highest BCUT2D eigenvalue weighted by molar-refractivity contribution is 5.69. The van der Waals surface area contributed by atoms with E-state index in [1.54, 1.807) is 0 Å². The van der Waals surface area contributed by atoms with Crippen LogP contribution in [0.15, 0.2) is 0 Å². The van der Waals surface area contributed by atoms with Gasteiger partial charge in [-0.1, -0.05) is 0 Å². The second kappa shape index (κ2) is 3.66. The lowest BCUT2D eigenvalue weighted by Gasteiger charge is -2.19. The van der Waals surface area contributed by atoms with E-state index in [0.29, 0.717) is 0 Å². The second-order valence-electron chi connectivity index (χ2n) is 4.47. The molecule has 1 N–H and O–H groups in total. The summed E-state index contributed by atoms with van der Waals surface area (Å²) < 4.78 is 0. The first-order chi connectivity index (χ1) is 6.24. The van der Waals surface area contributed by atoms with Gasteiger partial charge in [0.2, 0.25) is 0 Å². The highest BCUT2D eigenvalue weighted by atomic mass is 16.4. The van der Waals surface area contributed by atoms with Crippen LogP contribution in [0.1, 0.15) is 25.7 Å². The van der Waals surface area contributed by atoms with E-state index >= 15 is 0 Å². The van der Waals surface area contributed by atoms with Crippen molar-refractivity contribution in [3.8, 4) is 0 Å². The van der Waals surface area contributed by atoms with Crippen molar-refractivity contribution in [2.45, 2.75) is 25.7 Å². The van der Waals surface area contributed by atoms with Crippen LogP contribution in [0.25, 0.3) is 0 Å². The van der Waals surface area contributed by atoms with E-state index < -0.39 is 5.97 Å². The highest BCUT2D eigenvalue weighted by Gasteiger charge is 2.29. The maximum atomic E-state index is 10.6. The van der Waals surface area contributed by atoms with Crippen LogP contribution in [0.2, 0.25) is 0 Å². The molecule has 2 fully saturated rings. The molecule has 0 aromatic carbocycles. The molecule has 3 heteroatoms. The minimum atomic E-state index is -0.679. The van der Waals surface area contributed by atoms with Gasteiger partial charge in [0.25, 0.3) is 0 Å². The van der Waals surface area contributed by atoms with E-state index in [4.69, 9.17) is 5.11 Å². The molecule has 0 amide bonds. The molecule has 0 bridgehead atoms. The summed E-state index contributed by atoms with van der Waals surface area (Å²) in [6.45, 7) is 2.28. The number of carboxylic acids is 1. The van der Waals surface area contributed by atoms with Gasteiger partial charge in [-0.05, 0) is 37.5 Å². The summed E-state index contributed by atoms with van der Waals surface area (Å²) in [6, 6.07) is 0. The molecule has 0 saturated heterocycles. The van der Waals surface area contributed by atoms with Crippen LogP contribution in [0.5, 0.6) is 0 Å². The Balaban J connectivity index is 1.73. The summed E-state index contributed by atoms with van der Waals surface area (Å²) >= 11 is 0. The summed E-state index contributed by atoms with van der Waals surface area (Å²) in [4.78, 5) is 12.7. The summed E-state index contributed by atoms with van der Waals surface area (Å²) in [5.41, 5.74) is 0. The minimum absolute atomic E-state index is 0.243. The van der Waals surface area contributed by atoms with Crippen molar-refractivity contribution in [1.82, 2.24) is 4.90 Å². The Bertz CT molecular complexity index is 183. The van der Waals surface area contributed by atoms with E-state index in [9.17, 15) is 4.79 Å². The van der Waals surface area contributed by atoms with Gasteiger partial charge in [0.1, 0.15) is 0 Å². The molecule has 0 radical (unpaired) electrons. The Kier molecular flexibility index (Phi) is 2.54. The Hall–Kier alpha value is -0.570.